The second kappa shape index (κ2) is 11.0. The van der Waals surface area contributed by atoms with Crippen molar-refractivity contribution in [3.8, 4) is 11.5 Å². The van der Waals surface area contributed by atoms with Gasteiger partial charge in [0.15, 0.2) is 11.5 Å². The Labute approximate surface area is 147 Å². The van der Waals surface area contributed by atoms with E-state index in [1.165, 1.54) is 12.1 Å². The molecule has 3 N–H and O–H groups in total. The molecule has 0 aromatic heterocycles. The molecular formula is C16H25ClF2N2O3. The fourth-order valence-electron chi connectivity index (χ4n) is 1.75. The molecule has 0 aliphatic heterocycles. The van der Waals surface area contributed by atoms with Crippen LogP contribution in [-0.2, 0) is 0 Å². The number of carbonyl (C=O) groups excluding carboxylic acids is 1. The summed E-state index contributed by atoms with van der Waals surface area (Å²) in [4.78, 5) is 12.0. The van der Waals surface area contributed by atoms with E-state index in [0.29, 0.717) is 24.7 Å². The van der Waals surface area contributed by atoms with Crippen LogP contribution in [-0.4, -0.2) is 38.1 Å². The van der Waals surface area contributed by atoms with Crippen LogP contribution in [0.3, 0.4) is 0 Å². The van der Waals surface area contributed by atoms with Crippen LogP contribution in [0.4, 0.5) is 8.78 Å². The first-order valence-corrected chi connectivity index (χ1v) is 7.69. The molecule has 0 heterocycles. The third-order valence-corrected chi connectivity index (χ3v) is 3.07. The smallest absolute Gasteiger partial charge is 0.277 e. The standard InChI is InChI=1S/C16H24F2N2O3.ClH/c1-3-5-8-23-13-7-6-12(9-14(13)22-4-2)15(21)20-11-16(17,18)10-19;/h6-7,9H,3-5,8,10-11,19H2,1-2H3,(H,20,21);1H. The third-order valence-electron chi connectivity index (χ3n) is 3.07. The van der Waals surface area contributed by atoms with Crippen LogP contribution in [0.15, 0.2) is 18.2 Å². The Kier molecular flexibility index (Phi) is 10.3. The summed E-state index contributed by atoms with van der Waals surface area (Å²) in [5.41, 5.74) is 5.16. The van der Waals surface area contributed by atoms with Crippen LogP contribution in [0.5, 0.6) is 11.5 Å². The molecule has 5 nitrogen and oxygen atoms in total. The van der Waals surface area contributed by atoms with Crippen molar-refractivity contribution < 1.29 is 23.0 Å². The van der Waals surface area contributed by atoms with Gasteiger partial charge in [0.05, 0.1) is 26.3 Å². The Balaban J connectivity index is 0.00000529. The molecule has 0 saturated heterocycles. The third kappa shape index (κ3) is 7.31. The number of rotatable bonds is 10. The molecule has 0 radical (unpaired) electrons. The predicted molar refractivity (Wildman–Crippen MR) is 91.6 cm³/mol. The Morgan fingerprint density at radius 3 is 2.54 bits per heavy atom. The van der Waals surface area contributed by atoms with Crippen LogP contribution in [0.25, 0.3) is 0 Å². The van der Waals surface area contributed by atoms with Crippen LogP contribution >= 0.6 is 12.4 Å². The molecule has 1 aromatic carbocycles. The number of amides is 1. The number of nitrogens with one attached hydrogen (secondary N) is 1. The Morgan fingerprint density at radius 2 is 1.96 bits per heavy atom. The molecule has 24 heavy (non-hydrogen) atoms. The first kappa shape index (κ1) is 22.4. The van der Waals surface area contributed by atoms with Crippen LogP contribution in [0.1, 0.15) is 37.0 Å². The molecule has 0 aliphatic carbocycles. The van der Waals surface area contributed by atoms with E-state index < -0.39 is 24.9 Å². The lowest BCUT2D eigenvalue weighted by Crippen LogP contribution is -2.41. The number of halogens is 3. The number of alkyl halides is 2. The highest BCUT2D eigenvalue weighted by Gasteiger charge is 2.27. The van der Waals surface area contributed by atoms with Crippen molar-refractivity contribution in [2.24, 2.45) is 5.73 Å². The number of hydrogen-bond donors (Lipinski definition) is 2. The van der Waals surface area contributed by atoms with Gasteiger partial charge in [0, 0.05) is 5.56 Å². The van der Waals surface area contributed by atoms with Gasteiger partial charge in [-0.2, -0.15) is 0 Å². The van der Waals surface area contributed by atoms with Crippen molar-refractivity contribution in [1.82, 2.24) is 5.32 Å². The zero-order chi connectivity index (χ0) is 17.3. The maximum absolute atomic E-state index is 13.1. The van der Waals surface area contributed by atoms with E-state index in [-0.39, 0.29) is 18.0 Å². The first-order valence-electron chi connectivity index (χ1n) is 7.69. The number of nitrogens with two attached hydrogens (primary N) is 1. The van der Waals surface area contributed by atoms with Gasteiger partial charge in [-0.05, 0) is 31.5 Å². The highest BCUT2D eigenvalue weighted by atomic mass is 35.5. The van der Waals surface area contributed by atoms with Gasteiger partial charge in [-0.1, -0.05) is 13.3 Å². The van der Waals surface area contributed by atoms with E-state index in [1.54, 1.807) is 6.07 Å². The van der Waals surface area contributed by atoms with Crippen molar-refractivity contribution in [1.29, 1.82) is 0 Å². The summed E-state index contributed by atoms with van der Waals surface area (Å²) in [6.07, 6.45) is 1.90. The molecule has 1 rings (SSSR count). The summed E-state index contributed by atoms with van der Waals surface area (Å²) in [7, 11) is 0. The van der Waals surface area contributed by atoms with Gasteiger partial charge >= 0.3 is 0 Å². The second-order valence-corrected chi connectivity index (χ2v) is 5.04. The molecule has 138 valence electrons. The zero-order valence-corrected chi connectivity index (χ0v) is 14.8. The summed E-state index contributed by atoms with van der Waals surface area (Å²) in [5, 5.41) is 2.17. The van der Waals surface area contributed by atoms with Crippen molar-refractivity contribution in [3.05, 3.63) is 23.8 Å². The van der Waals surface area contributed by atoms with Crippen molar-refractivity contribution in [3.63, 3.8) is 0 Å². The number of hydrogen-bond acceptors (Lipinski definition) is 4. The molecule has 1 aromatic rings. The van der Waals surface area contributed by atoms with Gasteiger partial charge in [0.2, 0.25) is 0 Å². The van der Waals surface area contributed by atoms with Crippen LogP contribution < -0.4 is 20.5 Å². The first-order chi connectivity index (χ1) is 10.9. The average molecular weight is 367 g/mol. The second-order valence-electron chi connectivity index (χ2n) is 5.04. The lowest BCUT2D eigenvalue weighted by atomic mass is 10.2. The Morgan fingerprint density at radius 1 is 1.25 bits per heavy atom. The maximum Gasteiger partial charge on any atom is 0.277 e. The maximum atomic E-state index is 13.1. The van der Waals surface area contributed by atoms with Gasteiger partial charge in [0.1, 0.15) is 0 Å². The minimum absolute atomic E-state index is 0. The number of benzene rings is 1. The molecular weight excluding hydrogens is 342 g/mol. The van der Waals surface area contributed by atoms with Crippen molar-refractivity contribution in [2.75, 3.05) is 26.3 Å². The molecule has 0 unspecified atom stereocenters. The molecule has 1 amide bonds. The van der Waals surface area contributed by atoms with Crippen LogP contribution in [0.2, 0.25) is 0 Å². The number of carbonyl (C=O) groups is 1. The molecule has 0 saturated carbocycles. The fraction of sp³-hybridized carbons (Fsp3) is 0.562. The van der Waals surface area contributed by atoms with E-state index in [9.17, 15) is 13.6 Å². The number of unbranched alkanes of at least 4 members (excludes halogenated alkanes) is 1. The largest absolute Gasteiger partial charge is 0.490 e. The quantitative estimate of drug-likeness (QED) is 0.624. The Bertz CT molecular complexity index is 516. The highest BCUT2D eigenvalue weighted by molar-refractivity contribution is 5.94. The van der Waals surface area contributed by atoms with Crippen molar-refractivity contribution >= 4 is 18.3 Å². The average Bonchev–Trinajstić information content (AvgIpc) is 2.54. The van der Waals surface area contributed by atoms with Gasteiger partial charge in [-0.25, -0.2) is 8.78 Å². The monoisotopic (exact) mass is 366 g/mol. The topological polar surface area (TPSA) is 73.6 Å². The summed E-state index contributed by atoms with van der Waals surface area (Å²) in [5.74, 6) is -2.79. The summed E-state index contributed by atoms with van der Waals surface area (Å²) >= 11 is 0. The molecule has 0 aliphatic rings. The molecule has 0 fully saturated rings. The van der Waals surface area contributed by atoms with E-state index in [1.807, 2.05) is 6.92 Å². The van der Waals surface area contributed by atoms with E-state index in [4.69, 9.17) is 15.2 Å². The van der Waals surface area contributed by atoms with Gasteiger partial charge in [-0.15, -0.1) is 12.4 Å². The van der Waals surface area contributed by atoms with E-state index in [2.05, 4.69) is 12.2 Å². The van der Waals surface area contributed by atoms with Gasteiger partial charge in [0.25, 0.3) is 11.8 Å². The minimum Gasteiger partial charge on any atom is -0.490 e. The fourth-order valence-corrected chi connectivity index (χ4v) is 1.75. The lowest BCUT2D eigenvalue weighted by molar-refractivity contribution is 0.0118. The van der Waals surface area contributed by atoms with E-state index >= 15 is 0 Å². The molecule has 0 spiro atoms. The predicted octanol–water partition coefficient (Wildman–Crippen LogP) is 3.01. The van der Waals surface area contributed by atoms with E-state index in [0.717, 1.165) is 12.8 Å². The highest BCUT2D eigenvalue weighted by Crippen LogP contribution is 2.28. The van der Waals surface area contributed by atoms with Gasteiger partial charge < -0.3 is 20.5 Å². The SMILES string of the molecule is CCCCOc1ccc(C(=O)NCC(F)(F)CN)cc1OCC.Cl. The van der Waals surface area contributed by atoms with Crippen molar-refractivity contribution in [2.45, 2.75) is 32.6 Å². The van der Waals surface area contributed by atoms with Gasteiger partial charge in [-0.3, -0.25) is 4.79 Å². The van der Waals surface area contributed by atoms with Crippen LogP contribution in [0, 0.1) is 0 Å². The molecule has 8 heteroatoms. The normalized spacial score (nSPS) is 10.7. The summed E-state index contributed by atoms with van der Waals surface area (Å²) < 4.78 is 37.2. The minimum atomic E-state index is -3.12. The Hall–Kier alpha value is -1.60. The summed E-state index contributed by atoms with van der Waals surface area (Å²) in [6.45, 7) is 3.19. The molecule has 0 atom stereocenters. The molecule has 0 bridgehead atoms. The number of ether oxygens (including phenoxy) is 2. The zero-order valence-electron chi connectivity index (χ0n) is 13.9. The lowest BCUT2D eigenvalue weighted by Gasteiger charge is -2.16. The summed E-state index contributed by atoms with van der Waals surface area (Å²) in [6, 6.07) is 4.61.